The first kappa shape index (κ1) is 21.5. The molecular weight excluding hydrogens is 438 g/mol. The molecule has 6 nitrogen and oxygen atoms in total. The molecule has 3 aromatic rings. The molecule has 170 valence electrons. The third-order valence-corrected chi connectivity index (χ3v) is 6.75. The van der Waals surface area contributed by atoms with Crippen molar-refractivity contribution in [3.63, 3.8) is 0 Å². The summed E-state index contributed by atoms with van der Waals surface area (Å²) < 4.78 is 16.4. The van der Waals surface area contributed by atoms with E-state index in [0.717, 1.165) is 61.1 Å². The summed E-state index contributed by atoms with van der Waals surface area (Å²) in [4.78, 5) is 5.64. The Morgan fingerprint density at radius 1 is 1.09 bits per heavy atom. The van der Waals surface area contributed by atoms with Crippen LogP contribution in [0, 0.1) is 11.3 Å². The summed E-state index contributed by atoms with van der Waals surface area (Å²) in [5.41, 5.74) is 4.00. The monoisotopic (exact) mass is 463 g/mol. The average Bonchev–Trinajstić information content (AvgIpc) is 3.53. The van der Waals surface area contributed by atoms with Crippen molar-refractivity contribution in [1.82, 2.24) is 4.98 Å². The van der Waals surface area contributed by atoms with E-state index >= 15 is 0 Å². The van der Waals surface area contributed by atoms with E-state index in [4.69, 9.17) is 25.8 Å². The molecule has 33 heavy (non-hydrogen) atoms. The van der Waals surface area contributed by atoms with E-state index in [1.54, 1.807) is 18.7 Å². The van der Waals surface area contributed by atoms with Gasteiger partial charge in [0.05, 0.1) is 28.4 Å². The van der Waals surface area contributed by atoms with E-state index < -0.39 is 0 Å². The Labute approximate surface area is 198 Å². The number of aromatic nitrogens is 1. The van der Waals surface area contributed by atoms with Gasteiger partial charge in [-0.25, -0.2) is 0 Å². The van der Waals surface area contributed by atoms with Crippen LogP contribution < -0.4 is 9.64 Å². The molecule has 0 radical (unpaired) electrons. The summed E-state index contributed by atoms with van der Waals surface area (Å²) in [7, 11) is 0. The zero-order valence-corrected chi connectivity index (χ0v) is 19.1. The Morgan fingerprint density at radius 3 is 2.58 bits per heavy atom. The third-order valence-electron chi connectivity index (χ3n) is 6.44. The minimum absolute atomic E-state index is 0.170. The molecule has 1 aromatic heterocycles. The van der Waals surface area contributed by atoms with Crippen molar-refractivity contribution in [1.29, 1.82) is 5.26 Å². The second-order valence-electron chi connectivity index (χ2n) is 8.43. The lowest BCUT2D eigenvalue weighted by Crippen LogP contribution is -2.33. The number of nitriles is 1. The molecular formula is C26H26ClN3O3. The molecule has 1 N–H and O–H groups in total. The topological polar surface area (TPSA) is 70.5 Å². The number of rotatable bonds is 7. The number of piperidine rings is 1. The number of aromatic amines is 1. The molecule has 0 spiro atoms. The average molecular weight is 464 g/mol. The van der Waals surface area contributed by atoms with E-state index in [1.165, 1.54) is 5.56 Å². The molecule has 0 bridgehead atoms. The van der Waals surface area contributed by atoms with Crippen molar-refractivity contribution < 1.29 is 14.2 Å². The summed E-state index contributed by atoms with van der Waals surface area (Å²) in [5, 5.41) is 10.8. The van der Waals surface area contributed by atoms with Crippen molar-refractivity contribution in [3.8, 4) is 11.8 Å². The molecule has 0 unspecified atom stereocenters. The number of ether oxygens (including phenoxy) is 3. The van der Waals surface area contributed by atoms with Gasteiger partial charge in [-0.15, -0.1) is 0 Å². The lowest BCUT2D eigenvalue weighted by molar-refractivity contribution is -0.0310. The SMILES string of the molecule is N#Cc1c[nH]c2c(N3CCC(c4ccc(OCCCC5OC=CO5)cc4)CC3)ccc(Cl)c12. The normalized spacial score (nSPS) is 16.5. The highest BCUT2D eigenvalue weighted by atomic mass is 35.5. The number of hydrogen-bond donors (Lipinski definition) is 1. The largest absolute Gasteiger partial charge is 0.494 e. The minimum atomic E-state index is -0.170. The van der Waals surface area contributed by atoms with Gasteiger partial charge in [0.1, 0.15) is 24.3 Å². The van der Waals surface area contributed by atoms with Crippen molar-refractivity contribution in [3.05, 3.63) is 71.3 Å². The Kier molecular flexibility index (Phi) is 6.32. The van der Waals surface area contributed by atoms with Crippen LogP contribution >= 0.6 is 11.6 Å². The smallest absolute Gasteiger partial charge is 0.239 e. The van der Waals surface area contributed by atoms with Crippen molar-refractivity contribution >= 4 is 28.2 Å². The van der Waals surface area contributed by atoms with Crippen molar-refractivity contribution in [2.24, 2.45) is 0 Å². The molecule has 0 amide bonds. The van der Waals surface area contributed by atoms with Crippen LogP contribution in [0.2, 0.25) is 5.02 Å². The molecule has 7 heteroatoms. The Bertz CT molecular complexity index is 1170. The van der Waals surface area contributed by atoms with Crippen molar-refractivity contribution in [2.45, 2.75) is 37.9 Å². The molecule has 2 aliphatic heterocycles. The van der Waals surface area contributed by atoms with Crippen LogP contribution in [-0.4, -0.2) is 31.0 Å². The molecule has 0 aliphatic carbocycles. The maximum absolute atomic E-state index is 9.37. The van der Waals surface area contributed by atoms with Crippen LogP contribution in [0.4, 0.5) is 5.69 Å². The number of H-pyrrole nitrogens is 1. The van der Waals surface area contributed by atoms with Gasteiger partial charge < -0.3 is 24.1 Å². The number of nitrogens with one attached hydrogen (secondary N) is 1. The number of fused-ring (bicyclic) bond motifs is 1. The first-order chi connectivity index (χ1) is 16.2. The lowest BCUT2D eigenvalue weighted by Gasteiger charge is -2.34. The zero-order chi connectivity index (χ0) is 22.6. The number of halogens is 1. The number of anilines is 1. The molecule has 2 aromatic carbocycles. The van der Waals surface area contributed by atoms with Crippen molar-refractivity contribution in [2.75, 3.05) is 24.6 Å². The fraction of sp³-hybridized carbons (Fsp3) is 0.346. The third kappa shape index (κ3) is 4.60. The fourth-order valence-electron chi connectivity index (χ4n) is 4.68. The number of hydrogen-bond acceptors (Lipinski definition) is 5. The predicted molar refractivity (Wildman–Crippen MR) is 128 cm³/mol. The summed E-state index contributed by atoms with van der Waals surface area (Å²) >= 11 is 6.37. The Balaban J connectivity index is 1.15. The van der Waals surface area contributed by atoms with E-state index in [1.807, 2.05) is 6.07 Å². The van der Waals surface area contributed by atoms with Gasteiger partial charge in [0.25, 0.3) is 0 Å². The number of nitrogens with zero attached hydrogens (tertiary/aromatic N) is 2. The molecule has 1 fully saturated rings. The number of benzene rings is 2. The summed E-state index contributed by atoms with van der Waals surface area (Å²) in [5.74, 6) is 1.42. The van der Waals surface area contributed by atoms with Crippen LogP contribution in [0.3, 0.4) is 0 Å². The van der Waals surface area contributed by atoms with Crippen LogP contribution in [0.15, 0.2) is 55.1 Å². The van der Waals surface area contributed by atoms with Gasteiger partial charge in [-0.05, 0) is 55.0 Å². The van der Waals surface area contributed by atoms with Gasteiger partial charge in [0.15, 0.2) is 0 Å². The fourth-order valence-corrected chi connectivity index (χ4v) is 4.94. The first-order valence-electron chi connectivity index (χ1n) is 11.4. The van der Waals surface area contributed by atoms with Gasteiger partial charge in [-0.3, -0.25) is 0 Å². The second-order valence-corrected chi connectivity index (χ2v) is 8.83. The lowest BCUT2D eigenvalue weighted by atomic mass is 9.89. The molecule has 3 heterocycles. The summed E-state index contributed by atoms with van der Waals surface area (Å²) in [6.07, 6.45) is 8.56. The van der Waals surface area contributed by atoms with E-state index in [9.17, 15) is 5.26 Å². The van der Waals surface area contributed by atoms with Gasteiger partial charge in [0.2, 0.25) is 6.29 Å². The van der Waals surface area contributed by atoms with E-state index in [2.05, 4.69) is 46.3 Å². The second kappa shape index (κ2) is 9.68. The van der Waals surface area contributed by atoms with Crippen LogP contribution in [-0.2, 0) is 9.47 Å². The molecule has 2 aliphatic rings. The summed E-state index contributed by atoms with van der Waals surface area (Å²) in [6, 6.07) is 14.7. The van der Waals surface area contributed by atoms with Gasteiger partial charge >= 0.3 is 0 Å². The Morgan fingerprint density at radius 2 is 1.85 bits per heavy atom. The first-order valence-corrected chi connectivity index (χ1v) is 11.7. The maximum atomic E-state index is 9.37. The molecule has 0 saturated carbocycles. The highest BCUT2D eigenvalue weighted by Crippen LogP contribution is 2.37. The van der Waals surface area contributed by atoms with Gasteiger partial charge in [-0.1, -0.05) is 23.7 Å². The zero-order valence-electron chi connectivity index (χ0n) is 18.3. The van der Waals surface area contributed by atoms with Crippen LogP contribution in [0.25, 0.3) is 10.9 Å². The van der Waals surface area contributed by atoms with Gasteiger partial charge in [-0.2, -0.15) is 5.26 Å². The highest BCUT2D eigenvalue weighted by Gasteiger charge is 2.23. The van der Waals surface area contributed by atoms with Crippen LogP contribution in [0.5, 0.6) is 5.75 Å². The highest BCUT2D eigenvalue weighted by molar-refractivity contribution is 6.36. The predicted octanol–water partition coefficient (Wildman–Crippen LogP) is 6.08. The minimum Gasteiger partial charge on any atom is -0.494 e. The molecule has 5 rings (SSSR count). The van der Waals surface area contributed by atoms with E-state index in [0.29, 0.717) is 23.1 Å². The van der Waals surface area contributed by atoms with E-state index in [-0.39, 0.29) is 6.29 Å². The summed E-state index contributed by atoms with van der Waals surface area (Å²) in [6.45, 7) is 2.56. The maximum Gasteiger partial charge on any atom is 0.239 e. The van der Waals surface area contributed by atoms with Crippen LogP contribution in [0.1, 0.15) is 42.7 Å². The Hall–Kier alpha value is -3.30. The quantitative estimate of drug-likeness (QED) is 0.430. The molecule has 0 atom stereocenters. The van der Waals surface area contributed by atoms with Gasteiger partial charge in [0, 0.05) is 31.1 Å². The molecule has 1 saturated heterocycles. The standard InChI is InChI=1S/C26H26ClN3O3/c27-22-7-8-23(26-25(22)20(16-28)17-29-26)30-11-9-19(10-12-30)18-3-5-21(6-4-18)31-13-1-2-24-32-14-15-33-24/h3-8,14-15,17,19,24,29H,1-2,9-13H2.